The van der Waals surface area contributed by atoms with Crippen LogP contribution >= 0.6 is 23.2 Å². The molecule has 0 spiro atoms. The molecular formula is C14H20Cl2N2. The van der Waals surface area contributed by atoms with Gasteiger partial charge in [-0.1, -0.05) is 37.0 Å². The molecule has 0 saturated carbocycles. The first-order chi connectivity index (χ1) is 8.37. The fourth-order valence-corrected chi connectivity index (χ4v) is 2.84. The second-order valence-electron chi connectivity index (χ2n) is 5.91. The minimum atomic E-state index is 0.474. The van der Waals surface area contributed by atoms with Crippen LogP contribution in [-0.4, -0.2) is 18.0 Å². The number of nitrogen functional groups attached to an aromatic ring is 1. The molecule has 2 nitrogen and oxygen atoms in total. The quantitative estimate of drug-likeness (QED) is 0.826. The van der Waals surface area contributed by atoms with Gasteiger partial charge in [0.05, 0.1) is 15.7 Å². The first-order valence-electron chi connectivity index (χ1n) is 6.33. The van der Waals surface area contributed by atoms with Crippen LogP contribution in [0.1, 0.15) is 32.3 Å². The molecule has 0 aliphatic carbocycles. The van der Waals surface area contributed by atoms with Crippen molar-refractivity contribution in [2.24, 2.45) is 5.41 Å². The molecule has 0 atom stereocenters. The zero-order valence-electron chi connectivity index (χ0n) is 11.0. The maximum Gasteiger partial charge on any atom is 0.0693 e. The second kappa shape index (κ2) is 5.28. The van der Waals surface area contributed by atoms with Gasteiger partial charge in [0.1, 0.15) is 0 Å². The van der Waals surface area contributed by atoms with Crippen molar-refractivity contribution in [3.63, 3.8) is 0 Å². The lowest BCUT2D eigenvalue weighted by molar-refractivity contribution is 0.127. The van der Waals surface area contributed by atoms with Gasteiger partial charge in [-0.05, 0) is 49.0 Å². The molecule has 18 heavy (non-hydrogen) atoms. The summed E-state index contributed by atoms with van der Waals surface area (Å²) in [4.78, 5) is 2.45. The van der Waals surface area contributed by atoms with Gasteiger partial charge in [0.25, 0.3) is 0 Å². The van der Waals surface area contributed by atoms with E-state index in [1.165, 1.54) is 12.8 Å². The molecule has 1 fully saturated rings. The molecule has 1 aromatic rings. The predicted octanol–water partition coefficient (Wildman–Crippen LogP) is 4.20. The number of piperidine rings is 1. The zero-order chi connectivity index (χ0) is 13.3. The molecule has 2 N–H and O–H groups in total. The lowest BCUT2D eigenvalue weighted by Gasteiger charge is -2.37. The Kier molecular flexibility index (Phi) is 4.10. The van der Waals surface area contributed by atoms with Gasteiger partial charge in [-0.15, -0.1) is 0 Å². The predicted molar refractivity (Wildman–Crippen MR) is 79.2 cm³/mol. The number of halogens is 2. The minimum Gasteiger partial charge on any atom is -0.396 e. The number of nitrogens with zero attached hydrogens (tertiary/aromatic N) is 1. The molecular weight excluding hydrogens is 267 g/mol. The molecule has 2 rings (SSSR count). The Morgan fingerprint density at radius 2 is 1.67 bits per heavy atom. The van der Waals surface area contributed by atoms with E-state index in [-0.39, 0.29) is 0 Å². The highest BCUT2D eigenvalue weighted by Gasteiger charge is 2.25. The summed E-state index contributed by atoms with van der Waals surface area (Å²) in [6.45, 7) is 7.83. The number of hydrogen-bond acceptors (Lipinski definition) is 2. The third kappa shape index (κ3) is 3.31. The van der Waals surface area contributed by atoms with Gasteiger partial charge in [0, 0.05) is 6.54 Å². The molecule has 4 heteroatoms. The maximum atomic E-state index is 6.05. The summed E-state index contributed by atoms with van der Waals surface area (Å²) in [5.74, 6) is 0. The van der Waals surface area contributed by atoms with Crippen LogP contribution in [0.4, 0.5) is 5.69 Å². The minimum absolute atomic E-state index is 0.474. The molecule has 1 aromatic carbocycles. The molecule has 1 heterocycles. The fraction of sp³-hybridized carbons (Fsp3) is 0.571. The van der Waals surface area contributed by atoms with Crippen molar-refractivity contribution in [3.05, 3.63) is 27.7 Å². The van der Waals surface area contributed by atoms with Crippen LogP contribution in [0.25, 0.3) is 0 Å². The standard InChI is InChI=1S/C14H20Cl2N2/c1-14(2)3-5-18(6-4-14)9-10-7-11(15)13(17)12(16)8-10/h7-8H,3-6,9,17H2,1-2H3. The Bertz CT molecular complexity index is 410. The van der Waals surface area contributed by atoms with Gasteiger partial charge < -0.3 is 5.73 Å². The van der Waals surface area contributed by atoms with Crippen LogP contribution in [0.5, 0.6) is 0 Å². The Balaban J connectivity index is 2.03. The molecule has 0 radical (unpaired) electrons. The topological polar surface area (TPSA) is 29.3 Å². The summed E-state index contributed by atoms with van der Waals surface area (Å²) < 4.78 is 0. The highest BCUT2D eigenvalue weighted by atomic mass is 35.5. The van der Waals surface area contributed by atoms with E-state index in [4.69, 9.17) is 28.9 Å². The molecule has 1 aliphatic rings. The number of rotatable bonds is 2. The van der Waals surface area contributed by atoms with E-state index in [1.54, 1.807) is 0 Å². The molecule has 1 saturated heterocycles. The van der Waals surface area contributed by atoms with Crippen LogP contribution in [0.3, 0.4) is 0 Å². The van der Waals surface area contributed by atoms with Crippen molar-refractivity contribution < 1.29 is 0 Å². The third-order valence-electron chi connectivity index (χ3n) is 3.75. The van der Waals surface area contributed by atoms with Crippen molar-refractivity contribution in [1.82, 2.24) is 4.90 Å². The number of hydrogen-bond donors (Lipinski definition) is 1. The number of anilines is 1. The van der Waals surface area contributed by atoms with Gasteiger partial charge in [-0.25, -0.2) is 0 Å². The summed E-state index contributed by atoms with van der Waals surface area (Å²) in [5, 5.41) is 1.10. The molecule has 100 valence electrons. The Morgan fingerprint density at radius 3 is 2.17 bits per heavy atom. The Morgan fingerprint density at radius 1 is 1.17 bits per heavy atom. The molecule has 0 amide bonds. The van der Waals surface area contributed by atoms with Gasteiger partial charge in [0.15, 0.2) is 0 Å². The van der Waals surface area contributed by atoms with E-state index in [2.05, 4.69) is 18.7 Å². The van der Waals surface area contributed by atoms with Crippen molar-refractivity contribution in [3.8, 4) is 0 Å². The SMILES string of the molecule is CC1(C)CCN(Cc2cc(Cl)c(N)c(Cl)c2)CC1. The summed E-state index contributed by atoms with van der Waals surface area (Å²) in [6.07, 6.45) is 2.48. The number of likely N-dealkylation sites (tertiary alicyclic amines) is 1. The third-order valence-corrected chi connectivity index (χ3v) is 4.38. The van der Waals surface area contributed by atoms with E-state index >= 15 is 0 Å². The number of benzene rings is 1. The average molecular weight is 287 g/mol. The monoisotopic (exact) mass is 286 g/mol. The Labute approximate surface area is 119 Å². The molecule has 0 bridgehead atoms. The zero-order valence-corrected chi connectivity index (χ0v) is 12.5. The van der Waals surface area contributed by atoms with Crippen LogP contribution in [-0.2, 0) is 6.54 Å². The van der Waals surface area contributed by atoms with Crippen LogP contribution in [0.2, 0.25) is 10.0 Å². The lowest BCUT2D eigenvalue weighted by Crippen LogP contribution is -2.36. The fourth-order valence-electron chi connectivity index (χ4n) is 2.30. The van der Waals surface area contributed by atoms with E-state index < -0.39 is 0 Å². The van der Waals surface area contributed by atoms with Crippen LogP contribution in [0, 0.1) is 5.41 Å². The first kappa shape index (κ1) is 14.0. The summed E-state index contributed by atoms with van der Waals surface area (Å²) in [5.41, 5.74) is 7.83. The van der Waals surface area contributed by atoms with E-state index in [1.807, 2.05) is 12.1 Å². The summed E-state index contributed by atoms with van der Waals surface area (Å²) in [7, 11) is 0. The first-order valence-corrected chi connectivity index (χ1v) is 7.09. The highest BCUT2D eigenvalue weighted by Crippen LogP contribution is 2.32. The number of nitrogens with two attached hydrogens (primary N) is 1. The molecule has 0 unspecified atom stereocenters. The van der Waals surface area contributed by atoms with Gasteiger partial charge in [-0.2, -0.15) is 0 Å². The van der Waals surface area contributed by atoms with Crippen molar-refractivity contribution in [2.45, 2.75) is 33.2 Å². The highest BCUT2D eigenvalue weighted by molar-refractivity contribution is 6.38. The van der Waals surface area contributed by atoms with Crippen molar-refractivity contribution in [2.75, 3.05) is 18.8 Å². The Hall–Kier alpha value is -0.440. The largest absolute Gasteiger partial charge is 0.396 e. The van der Waals surface area contributed by atoms with Crippen LogP contribution in [0.15, 0.2) is 12.1 Å². The van der Waals surface area contributed by atoms with Gasteiger partial charge in [0.2, 0.25) is 0 Å². The van der Waals surface area contributed by atoms with E-state index in [9.17, 15) is 0 Å². The lowest BCUT2D eigenvalue weighted by atomic mass is 9.82. The summed E-state index contributed by atoms with van der Waals surface area (Å²) in [6, 6.07) is 3.84. The maximum absolute atomic E-state index is 6.05. The molecule has 0 aromatic heterocycles. The van der Waals surface area contributed by atoms with Crippen LogP contribution < -0.4 is 5.73 Å². The van der Waals surface area contributed by atoms with Gasteiger partial charge >= 0.3 is 0 Å². The smallest absolute Gasteiger partial charge is 0.0693 e. The van der Waals surface area contributed by atoms with E-state index in [0.29, 0.717) is 21.1 Å². The normalized spacial score (nSPS) is 20.0. The van der Waals surface area contributed by atoms with E-state index in [0.717, 1.165) is 25.2 Å². The van der Waals surface area contributed by atoms with Gasteiger partial charge in [-0.3, -0.25) is 4.90 Å². The average Bonchev–Trinajstić information content (AvgIpc) is 2.29. The van der Waals surface area contributed by atoms with Crippen molar-refractivity contribution in [1.29, 1.82) is 0 Å². The second-order valence-corrected chi connectivity index (χ2v) is 6.73. The summed E-state index contributed by atoms with van der Waals surface area (Å²) >= 11 is 12.1. The molecule has 1 aliphatic heterocycles. The van der Waals surface area contributed by atoms with Crippen molar-refractivity contribution >= 4 is 28.9 Å².